The number of rotatable bonds is 6. The Morgan fingerprint density at radius 1 is 1.46 bits per heavy atom. The molecule has 2 atom stereocenters. The first-order chi connectivity index (χ1) is 11.5. The van der Waals surface area contributed by atoms with Crippen molar-refractivity contribution in [2.75, 3.05) is 13.2 Å². The molecule has 0 spiro atoms. The molecule has 24 heavy (non-hydrogen) atoms. The Hall–Kier alpha value is -2.52. The second-order valence-electron chi connectivity index (χ2n) is 5.68. The number of benzene rings is 1. The molecule has 1 N–H and O–H groups in total. The van der Waals surface area contributed by atoms with Gasteiger partial charge in [-0.25, -0.2) is 4.39 Å². The number of ether oxygens (including phenoxy) is 1. The molecule has 1 amide bonds. The van der Waals surface area contributed by atoms with Crippen molar-refractivity contribution in [2.24, 2.45) is 5.92 Å². The number of amides is 1. The zero-order valence-corrected chi connectivity index (χ0v) is 13.4. The van der Waals surface area contributed by atoms with Crippen LogP contribution in [0.1, 0.15) is 25.3 Å². The Morgan fingerprint density at radius 2 is 2.17 bits per heavy atom. The summed E-state index contributed by atoms with van der Waals surface area (Å²) in [6.45, 7) is 2.63. The topological polar surface area (TPSA) is 79.2 Å². The van der Waals surface area contributed by atoms with E-state index < -0.39 is 17.6 Å². The summed E-state index contributed by atoms with van der Waals surface area (Å²) in [6, 6.07) is 7.38. The van der Waals surface area contributed by atoms with Crippen LogP contribution in [0.4, 0.5) is 4.39 Å². The van der Waals surface area contributed by atoms with E-state index in [1.54, 1.807) is 13.0 Å². The molecule has 1 aliphatic rings. The minimum atomic E-state index is -1.40. The van der Waals surface area contributed by atoms with Gasteiger partial charge in [0.2, 0.25) is 5.91 Å². The Labute approximate surface area is 140 Å². The summed E-state index contributed by atoms with van der Waals surface area (Å²) in [5.74, 6) is -2.99. The lowest BCUT2D eigenvalue weighted by atomic mass is 9.99. The number of halogens is 1. The molecule has 2 rings (SSSR count). The minimum absolute atomic E-state index is 0.0557. The van der Waals surface area contributed by atoms with Gasteiger partial charge in [-0.3, -0.25) is 9.59 Å². The molecule has 0 unspecified atom stereocenters. The lowest BCUT2D eigenvalue weighted by molar-refractivity contribution is -0.129. The van der Waals surface area contributed by atoms with Crippen LogP contribution in [0.15, 0.2) is 30.3 Å². The molecule has 1 aliphatic heterocycles. The van der Waals surface area contributed by atoms with Crippen molar-refractivity contribution in [3.63, 3.8) is 0 Å². The van der Waals surface area contributed by atoms with Gasteiger partial charge in [-0.1, -0.05) is 12.1 Å². The van der Waals surface area contributed by atoms with Crippen molar-refractivity contribution in [3.05, 3.63) is 41.7 Å². The molecule has 5 nitrogen and oxygen atoms in total. The van der Waals surface area contributed by atoms with E-state index >= 15 is 0 Å². The second kappa shape index (κ2) is 8.37. The van der Waals surface area contributed by atoms with E-state index in [0.717, 1.165) is 12.8 Å². The highest BCUT2D eigenvalue weighted by Crippen LogP contribution is 2.16. The number of carbonyl (C=O) groups excluding carboxylic acids is 2. The molecule has 1 aromatic rings. The van der Waals surface area contributed by atoms with Gasteiger partial charge in [0.1, 0.15) is 5.82 Å². The smallest absolute Gasteiger partial charge is 0.245 e. The van der Waals surface area contributed by atoms with Crippen LogP contribution < -0.4 is 5.32 Å². The maximum absolute atomic E-state index is 12.9. The monoisotopic (exact) mass is 330 g/mol. The Bertz CT molecular complexity index is 670. The number of nitrogens with one attached hydrogen (secondary N) is 1. The molecule has 1 heterocycles. The van der Waals surface area contributed by atoms with E-state index in [9.17, 15) is 14.0 Å². The maximum Gasteiger partial charge on any atom is 0.245 e. The van der Waals surface area contributed by atoms with Gasteiger partial charge in [0.15, 0.2) is 11.7 Å². The standard InChI is InChI=1S/C18H19FN2O3/c1-12(13-4-6-14(19)7-5-13)9-17(22)16(10-20)18(23)21-11-15-3-2-8-24-15/h4-7,9,15-16H,2-3,8,11H2,1H3,(H,21,23)/b12-9-/t15-,16+/m1/s1. The van der Waals surface area contributed by atoms with Gasteiger partial charge in [-0.05, 0) is 49.1 Å². The van der Waals surface area contributed by atoms with Gasteiger partial charge in [0.25, 0.3) is 0 Å². The largest absolute Gasteiger partial charge is 0.376 e. The highest BCUT2D eigenvalue weighted by molar-refractivity contribution is 6.11. The predicted molar refractivity (Wildman–Crippen MR) is 86.1 cm³/mol. The number of nitriles is 1. The van der Waals surface area contributed by atoms with E-state index in [2.05, 4.69) is 5.32 Å². The van der Waals surface area contributed by atoms with Gasteiger partial charge in [-0.15, -0.1) is 0 Å². The molecular formula is C18H19FN2O3. The molecule has 0 aliphatic carbocycles. The highest BCUT2D eigenvalue weighted by atomic mass is 19.1. The molecule has 0 radical (unpaired) electrons. The lowest BCUT2D eigenvalue weighted by Gasteiger charge is -2.12. The second-order valence-corrected chi connectivity index (χ2v) is 5.68. The van der Waals surface area contributed by atoms with Crippen molar-refractivity contribution in [1.82, 2.24) is 5.32 Å². The summed E-state index contributed by atoms with van der Waals surface area (Å²) in [5.41, 5.74) is 1.22. The summed E-state index contributed by atoms with van der Waals surface area (Å²) in [4.78, 5) is 24.2. The summed E-state index contributed by atoms with van der Waals surface area (Å²) < 4.78 is 18.3. The molecular weight excluding hydrogens is 311 g/mol. The summed E-state index contributed by atoms with van der Waals surface area (Å²) >= 11 is 0. The molecule has 1 saturated heterocycles. The van der Waals surface area contributed by atoms with Crippen molar-refractivity contribution in [3.8, 4) is 6.07 Å². The van der Waals surface area contributed by atoms with Crippen LogP contribution in [0.3, 0.4) is 0 Å². The van der Waals surface area contributed by atoms with Crippen LogP contribution in [0.2, 0.25) is 0 Å². The molecule has 0 aromatic heterocycles. The van der Waals surface area contributed by atoms with E-state index in [1.807, 2.05) is 0 Å². The van der Waals surface area contributed by atoms with Crippen LogP contribution in [-0.4, -0.2) is 30.9 Å². The van der Waals surface area contributed by atoms with Crippen LogP contribution in [-0.2, 0) is 14.3 Å². The summed E-state index contributed by atoms with van der Waals surface area (Å²) in [5, 5.41) is 11.7. The third-order valence-corrected chi connectivity index (χ3v) is 3.86. The van der Waals surface area contributed by atoms with Crippen molar-refractivity contribution < 1.29 is 18.7 Å². The minimum Gasteiger partial charge on any atom is -0.376 e. The van der Waals surface area contributed by atoms with E-state index in [4.69, 9.17) is 10.00 Å². The van der Waals surface area contributed by atoms with Gasteiger partial charge >= 0.3 is 0 Å². The Balaban J connectivity index is 1.99. The number of allylic oxidation sites excluding steroid dienone is 2. The van der Waals surface area contributed by atoms with Gasteiger partial charge in [0, 0.05) is 13.2 Å². The maximum atomic E-state index is 12.9. The van der Waals surface area contributed by atoms with Crippen LogP contribution in [0, 0.1) is 23.1 Å². The quantitative estimate of drug-likeness (QED) is 0.641. The van der Waals surface area contributed by atoms with Crippen LogP contribution in [0.25, 0.3) is 5.57 Å². The summed E-state index contributed by atoms with van der Waals surface area (Å²) in [7, 11) is 0. The first kappa shape index (κ1) is 17.8. The lowest BCUT2D eigenvalue weighted by Crippen LogP contribution is -2.38. The Morgan fingerprint density at radius 3 is 2.75 bits per heavy atom. The number of hydrogen-bond donors (Lipinski definition) is 1. The first-order valence-corrected chi connectivity index (χ1v) is 7.78. The predicted octanol–water partition coefficient (Wildman–Crippen LogP) is 2.23. The number of hydrogen-bond acceptors (Lipinski definition) is 4. The normalized spacial score (nSPS) is 18.7. The first-order valence-electron chi connectivity index (χ1n) is 7.78. The van der Waals surface area contributed by atoms with Gasteiger partial charge < -0.3 is 10.1 Å². The highest BCUT2D eigenvalue weighted by Gasteiger charge is 2.26. The van der Waals surface area contributed by atoms with E-state index in [-0.39, 0.29) is 11.9 Å². The number of ketones is 1. The van der Waals surface area contributed by atoms with Gasteiger partial charge in [0.05, 0.1) is 12.2 Å². The number of carbonyl (C=O) groups is 2. The van der Waals surface area contributed by atoms with Crippen LogP contribution in [0.5, 0.6) is 0 Å². The zero-order chi connectivity index (χ0) is 17.5. The molecule has 0 bridgehead atoms. The van der Waals surface area contributed by atoms with Crippen LogP contribution >= 0.6 is 0 Å². The average molecular weight is 330 g/mol. The molecule has 126 valence electrons. The molecule has 6 heteroatoms. The summed E-state index contributed by atoms with van der Waals surface area (Å²) in [6.07, 6.45) is 2.99. The van der Waals surface area contributed by atoms with E-state index in [0.29, 0.717) is 24.3 Å². The Kier molecular flexibility index (Phi) is 6.21. The fourth-order valence-corrected chi connectivity index (χ4v) is 2.47. The molecule has 1 fully saturated rings. The third kappa shape index (κ3) is 4.74. The van der Waals surface area contributed by atoms with Crippen molar-refractivity contribution >= 4 is 17.3 Å². The third-order valence-electron chi connectivity index (χ3n) is 3.86. The SMILES string of the molecule is C/C(=C/C(=O)[C@H](C#N)C(=O)NC[C@H]1CCCO1)c1ccc(F)cc1. The fraction of sp³-hybridized carbons (Fsp3) is 0.389. The van der Waals surface area contributed by atoms with Crippen molar-refractivity contribution in [1.29, 1.82) is 5.26 Å². The average Bonchev–Trinajstić information content (AvgIpc) is 3.07. The fourth-order valence-electron chi connectivity index (χ4n) is 2.47. The molecule has 0 saturated carbocycles. The zero-order valence-electron chi connectivity index (χ0n) is 13.4. The number of nitrogens with zero attached hydrogens (tertiary/aromatic N) is 1. The van der Waals surface area contributed by atoms with E-state index in [1.165, 1.54) is 30.3 Å². The molecule has 1 aromatic carbocycles. The van der Waals surface area contributed by atoms with Crippen molar-refractivity contribution in [2.45, 2.75) is 25.9 Å². The van der Waals surface area contributed by atoms with Gasteiger partial charge in [-0.2, -0.15) is 5.26 Å².